The van der Waals surface area contributed by atoms with Crippen molar-refractivity contribution in [3.05, 3.63) is 70.1 Å². The van der Waals surface area contributed by atoms with Crippen LogP contribution in [0.3, 0.4) is 0 Å². The fourth-order valence-electron chi connectivity index (χ4n) is 3.87. The van der Waals surface area contributed by atoms with Crippen LogP contribution in [-0.4, -0.2) is 26.8 Å². The van der Waals surface area contributed by atoms with Crippen molar-refractivity contribution in [3.8, 4) is 22.5 Å². The molecule has 0 saturated heterocycles. The highest BCUT2D eigenvalue weighted by Crippen LogP contribution is 2.34. The van der Waals surface area contributed by atoms with Crippen LogP contribution in [0.15, 0.2) is 51.4 Å². The first-order valence-electron chi connectivity index (χ1n) is 10.5. The van der Waals surface area contributed by atoms with Gasteiger partial charge in [-0.15, -0.1) is 0 Å². The van der Waals surface area contributed by atoms with Gasteiger partial charge in [-0.1, -0.05) is 46.8 Å². The van der Waals surface area contributed by atoms with Crippen LogP contribution in [0.25, 0.3) is 33.6 Å². The zero-order valence-electron chi connectivity index (χ0n) is 18.9. The first kappa shape index (κ1) is 21.7. The molecule has 0 atom stereocenters. The predicted molar refractivity (Wildman–Crippen MR) is 129 cm³/mol. The number of aryl methyl sites for hydroxylation is 3. The second-order valence-corrected chi connectivity index (χ2v) is 8.90. The van der Waals surface area contributed by atoms with Crippen molar-refractivity contribution in [3.63, 3.8) is 0 Å². The van der Waals surface area contributed by atoms with E-state index < -0.39 is 5.91 Å². The number of pyridine rings is 1. The van der Waals surface area contributed by atoms with Gasteiger partial charge in [-0.3, -0.25) is 14.9 Å². The normalized spacial score (nSPS) is 11.2. The molecular formula is C25H20N4O4S. The van der Waals surface area contributed by atoms with E-state index in [1.165, 1.54) is 6.92 Å². The number of benzene rings is 1. The molecule has 5 aromatic rings. The quantitative estimate of drug-likeness (QED) is 0.313. The van der Waals surface area contributed by atoms with E-state index in [4.69, 9.17) is 8.94 Å². The SMILES string of the molecule is CC(=O)c1sc(NC(=O)c2cc(-c3cc(C)oc3C)nc3onc(C)c23)nc1-c1ccccc1. The number of ketones is 1. The molecule has 4 aromatic heterocycles. The molecule has 0 aliphatic rings. The third-order valence-electron chi connectivity index (χ3n) is 5.39. The van der Waals surface area contributed by atoms with Crippen molar-refractivity contribution in [2.45, 2.75) is 27.7 Å². The van der Waals surface area contributed by atoms with Gasteiger partial charge in [-0.2, -0.15) is 0 Å². The smallest absolute Gasteiger partial charge is 0.259 e. The van der Waals surface area contributed by atoms with Gasteiger partial charge in [0.05, 0.1) is 32.9 Å². The fourth-order valence-corrected chi connectivity index (χ4v) is 4.74. The number of nitrogens with zero attached hydrogens (tertiary/aromatic N) is 3. The molecule has 1 aromatic carbocycles. The summed E-state index contributed by atoms with van der Waals surface area (Å²) in [6.07, 6.45) is 0. The lowest BCUT2D eigenvalue weighted by atomic mass is 10.1. The highest BCUT2D eigenvalue weighted by Gasteiger charge is 2.23. The van der Waals surface area contributed by atoms with Gasteiger partial charge in [0.15, 0.2) is 10.9 Å². The Morgan fingerprint density at radius 1 is 1.03 bits per heavy atom. The van der Waals surface area contributed by atoms with E-state index in [1.807, 2.05) is 50.2 Å². The predicted octanol–water partition coefficient (Wildman–Crippen LogP) is 5.99. The van der Waals surface area contributed by atoms with E-state index in [0.717, 1.165) is 28.2 Å². The number of carbonyl (C=O) groups excluding carboxylic acids is 2. The number of Topliss-reactive ketones (excluding diaryl/α,β-unsaturated/α-hetero) is 1. The Morgan fingerprint density at radius 2 is 1.79 bits per heavy atom. The number of furan rings is 1. The first-order chi connectivity index (χ1) is 16.3. The topological polar surface area (TPSA) is 111 Å². The maximum absolute atomic E-state index is 13.4. The molecule has 34 heavy (non-hydrogen) atoms. The van der Waals surface area contributed by atoms with E-state index in [2.05, 4.69) is 20.4 Å². The summed E-state index contributed by atoms with van der Waals surface area (Å²) in [4.78, 5) is 35.3. The molecule has 9 heteroatoms. The molecule has 0 saturated carbocycles. The summed E-state index contributed by atoms with van der Waals surface area (Å²) in [6.45, 7) is 6.92. The van der Waals surface area contributed by atoms with E-state index in [-0.39, 0.29) is 11.5 Å². The molecule has 0 bridgehead atoms. The van der Waals surface area contributed by atoms with Gasteiger partial charge in [-0.05, 0) is 32.9 Å². The molecule has 5 rings (SSSR count). The van der Waals surface area contributed by atoms with Crippen LogP contribution in [0.4, 0.5) is 5.13 Å². The zero-order valence-corrected chi connectivity index (χ0v) is 19.7. The molecule has 0 radical (unpaired) electrons. The molecule has 0 aliphatic heterocycles. The summed E-state index contributed by atoms with van der Waals surface area (Å²) in [6, 6.07) is 12.9. The van der Waals surface area contributed by atoms with Crippen LogP contribution < -0.4 is 5.32 Å². The van der Waals surface area contributed by atoms with Crippen molar-refractivity contribution in [2.24, 2.45) is 0 Å². The van der Waals surface area contributed by atoms with Crippen LogP contribution in [0.5, 0.6) is 0 Å². The lowest BCUT2D eigenvalue weighted by molar-refractivity contribution is 0.101. The fraction of sp³-hybridized carbons (Fsp3) is 0.160. The van der Waals surface area contributed by atoms with Gasteiger partial charge in [0, 0.05) is 18.1 Å². The Labute approximate surface area is 198 Å². The summed E-state index contributed by atoms with van der Waals surface area (Å²) >= 11 is 1.14. The van der Waals surface area contributed by atoms with Crippen LogP contribution in [0.2, 0.25) is 0 Å². The Bertz CT molecular complexity index is 1560. The lowest BCUT2D eigenvalue weighted by Crippen LogP contribution is -2.13. The average Bonchev–Trinajstić information content (AvgIpc) is 3.50. The molecule has 0 fully saturated rings. The lowest BCUT2D eigenvalue weighted by Gasteiger charge is -2.06. The van der Waals surface area contributed by atoms with Crippen LogP contribution in [0.1, 0.15) is 44.2 Å². The molecular weight excluding hydrogens is 452 g/mol. The zero-order chi connectivity index (χ0) is 24.0. The third kappa shape index (κ3) is 3.80. The van der Waals surface area contributed by atoms with Crippen LogP contribution in [0, 0.1) is 20.8 Å². The van der Waals surface area contributed by atoms with Crippen molar-refractivity contribution < 1.29 is 18.5 Å². The minimum Gasteiger partial charge on any atom is -0.466 e. The van der Waals surface area contributed by atoms with Crippen molar-refractivity contribution in [1.29, 1.82) is 0 Å². The van der Waals surface area contributed by atoms with Crippen LogP contribution >= 0.6 is 11.3 Å². The Hall–Kier alpha value is -4.11. The molecule has 0 aliphatic carbocycles. The summed E-state index contributed by atoms with van der Waals surface area (Å²) < 4.78 is 11.0. The van der Waals surface area contributed by atoms with Crippen LogP contribution in [-0.2, 0) is 0 Å². The van der Waals surface area contributed by atoms with Gasteiger partial charge in [0.25, 0.3) is 11.6 Å². The van der Waals surface area contributed by atoms with E-state index in [9.17, 15) is 9.59 Å². The molecule has 170 valence electrons. The molecule has 0 spiro atoms. The van der Waals surface area contributed by atoms with Crippen molar-refractivity contribution >= 4 is 39.3 Å². The van der Waals surface area contributed by atoms with E-state index >= 15 is 0 Å². The van der Waals surface area contributed by atoms with Gasteiger partial charge in [0.1, 0.15) is 11.5 Å². The van der Waals surface area contributed by atoms with E-state index in [0.29, 0.717) is 43.8 Å². The minimum atomic E-state index is -0.402. The minimum absolute atomic E-state index is 0.119. The van der Waals surface area contributed by atoms with Crippen molar-refractivity contribution in [1.82, 2.24) is 15.1 Å². The summed E-state index contributed by atoms with van der Waals surface area (Å²) in [7, 11) is 0. The molecule has 4 heterocycles. The van der Waals surface area contributed by atoms with Gasteiger partial charge >= 0.3 is 0 Å². The summed E-state index contributed by atoms with van der Waals surface area (Å²) in [5.41, 5.74) is 3.80. The third-order valence-corrected chi connectivity index (χ3v) is 6.46. The Morgan fingerprint density at radius 3 is 2.47 bits per heavy atom. The number of thiazole rings is 1. The number of nitrogens with one attached hydrogen (secondary N) is 1. The molecule has 8 nitrogen and oxygen atoms in total. The number of hydrogen-bond donors (Lipinski definition) is 1. The second kappa shape index (κ2) is 8.35. The summed E-state index contributed by atoms with van der Waals surface area (Å²) in [5, 5.41) is 7.68. The maximum atomic E-state index is 13.4. The number of carbonyl (C=O) groups is 2. The summed E-state index contributed by atoms with van der Waals surface area (Å²) in [5.74, 6) is 0.903. The molecule has 1 N–H and O–H groups in total. The largest absolute Gasteiger partial charge is 0.466 e. The number of aromatic nitrogens is 3. The Kier molecular flexibility index (Phi) is 5.33. The first-order valence-corrected chi connectivity index (χ1v) is 11.4. The highest BCUT2D eigenvalue weighted by molar-refractivity contribution is 7.18. The second-order valence-electron chi connectivity index (χ2n) is 7.90. The maximum Gasteiger partial charge on any atom is 0.259 e. The van der Waals surface area contributed by atoms with E-state index in [1.54, 1.807) is 13.0 Å². The molecule has 0 unspecified atom stereocenters. The number of fused-ring (bicyclic) bond motifs is 1. The molecule has 1 amide bonds. The van der Waals surface area contributed by atoms with Crippen molar-refractivity contribution in [2.75, 3.05) is 5.32 Å². The average molecular weight is 473 g/mol. The van der Waals surface area contributed by atoms with Gasteiger partial charge in [-0.25, -0.2) is 9.97 Å². The van der Waals surface area contributed by atoms with Gasteiger partial charge in [0.2, 0.25) is 0 Å². The highest BCUT2D eigenvalue weighted by atomic mass is 32.1. The monoisotopic (exact) mass is 472 g/mol. The Balaban J connectivity index is 1.57. The number of amides is 1. The van der Waals surface area contributed by atoms with Gasteiger partial charge < -0.3 is 8.94 Å². The number of hydrogen-bond acceptors (Lipinski definition) is 8. The number of rotatable bonds is 5. The number of anilines is 1. The standard InChI is InChI=1S/C25H20N4O4S/c1-12-10-17(15(4)32-12)19-11-18(20-13(2)29-33-24(20)26-19)23(31)28-25-27-21(22(34-25)14(3)30)16-8-6-5-7-9-16/h5-11H,1-4H3,(H,27,28,31).